The SMILES string of the molecule is C=Cc1ccccc1COCC1CCC2OC2C1. The van der Waals surface area contributed by atoms with Crippen molar-refractivity contribution >= 4 is 6.08 Å². The minimum absolute atomic E-state index is 0.549. The topological polar surface area (TPSA) is 21.8 Å². The summed E-state index contributed by atoms with van der Waals surface area (Å²) < 4.78 is 11.4. The molecule has 1 aliphatic heterocycles. The Hall–Kier alpha value is -1.12. The molecule has 1 saturated carbocycles. The fraction of sp³-hybridized carbons (Fsp3) is 0.500. The largest absolute Gasteiger partial charge is 0.376 e. The zero-order chi connectivity index (χ0) is 12.4. The fourth-order valence-electron chi connectivity index (χ4n) is 2.84. The molecule has 3 rings (SSSR count). The van der Waals surface area contributed by atoms with Crippen LogP contribution in [0, 0.1) is 5.92 Å². The van der Waals surface area contributed by atoms with Crippen molar-refractivity contribution in [1.29, 1.82) is 0 Å². The number of hydrogen-bond acceptors (Lipinski definition) is 2. The Morgan fingerprint density at radius 1 is 1.28 bits per heavy atom. The predicted molar refractivity (Wildman–Crippen MR) is 72.2 cm³/mol. The zero-order valence-electron chi connectivity index (χ0n) is 10.7. The van der Waals surface area contributed by atoms with Crippen LogP contribution in [0.15, 0.2) is 30.8 Å². The molecular weight excluding hydrogens is 224 g/mol. The minimum Gasteiger partial charge on any atom is -0.376 e. The van der Waals surface area contributed by atoms with Gasteiger partial charge in [-0.1, -0.05) is 36.9 Å². The second kappa shape index (κ2) is 5.25. The monoisotopic (exact) mass is 244 g/mol. The van der Waals surface area contributed by atoms with E-state index in [0.29, 0.717) is 24.7 Å². The smallest absolute Gasteiger partial charge is 0.0845 e. The molecule has 1 saturated heterocycles. The summed E-state index contributed by atoms with van der Waals surface area (Å²) >= 11 is 0. The Kier molecular flexibility index (Phi) is 3.48. The number of hydrogen-bond donors (Lipinski definition) is 0. The van der Waals surface area contributed by atoms with Crippen LogP contribution in [0.3, 0.4) is 0 Å². The first kappa shape index (κ1) is 11.9. The van der Waals surface area contributed by atoms with Crippen LogP contribution in [-0.2, 0) is 16.1 Å². The van der Waals surface area contributed by atoms with E-state index in [-0.39, 0.29) is 0 Å². The fourth-order valence-corrected chi connectivity index (χ4v) is 2.84. The van der Waals surface area contributed by atoms with Gasteiger partial charge in [-0.25, -0.2) is 0 Å². The lowest BCUT2D eigenvalue weighted by molar-refractivity contribution is 0.0764. The van der Waals surface area contributed by atoms with Crippen molar-refractivity contribution in [2.24, 2.45) is 5.92 Å². The van der Waals surface area contributed by atoms with Gasteiger partial charge in [0.1, 0.15) is 0 Å². The van der Waals surface area contributed by atoms with Crippen molar-refractivity contribution in [2.75, 3.05) is 6.61 Å². The van der Waals surface area contributed by atoms with Crippen LogP contribution in [0.4, 0.5) is 0 Å². The molecule has 0 N–H and O–H groups in total. The van der Waals surface area contributed by atoms with Gasteiger partial charge in [-0.3, -0.25) is 0 Å². The second-order valence-electron chi connectivity index (χ2n) is 5.31. The van der Waals surface area contributed by atoms with Crippen molar-refractivity contribution in [1.82, 2.24) is 0 Å². The molecule has 1 aromatic carbocycles. The van der Waals surface area contributed by atoms with Gasteiger partial charge in [-0.2, -0.15) is 0 Å². The highest BCUT2D eigenvalue weighted by molar-refractivity contribution is 5.51. The third-order valence-corrected chi connectivity index (χ3v) is 4.00. The average Bonchev–Trinajstić information content (AvgIpc) is 3.18. The van der Waals surface area contributed by atoms with Gasteiger partial charge in [0.2, 0.25) is 0 Å². The summed E-state index contributed by atoms with van der Waals surface area (Å²) in [6, 6.07) is 8.27. The summed E-state index contributed by atoms with van der Waals surface area (Å²) in [4.78, 5) is 0. The molecule has 2 fully saturated rings. The summed E-state index contributed by atoms with van der Waals surface area (Å²) in [6.07, 6.45) is 6.69. The van der Waals surface area contributed by atoms with E-state index in [1.807, 2.05) is 12.1 Å². The maximum absolute atomic E-state index is 5.87. The van der Waals surface area contributed by atoms with Crippen LogP contribution in [0.1, 0.15) is 30.4 Å². The van der Waals surface area contributed by atoms with Crippen LogP contribution >= 0.6 is 0 Å². The van der Waals surface area contributed by atoms with Crippen LogP contribution in [0.25, 0.3) is 6.08 Å². The van der Waals surface area contributed by atoms with Crippen LogP contribution in [-0.4, -0.2) is 18.8 Å². The van der Waals surface area contributed by atoms with Gasteiger partial charge < -0.3 is 9.47 Å². The summed E-state index contributed by atoms with van der Waals surface area (Å²) in [5.74, 6) is 0.685. The molecule has 0 bridgehead atoms. The van der Waals surface area contributed by atoms with E-state index in [1.54, 1.807) is 0 Å². The van der Waals surface area contributed by atoms with Crippen molar-refractivity contribution in [3.63, 3.8) is 0 Å². The van der Waals surface area contributed by atoms with Gasteiger partial charge >= 0.3 is 0 Å². The standard InChI is InChI=1S/C16H20O2/c1-2-13-5-3-4-6-14(13)11-17-10-12-7-8-15-16(9-12)18-15/h2-6,12,15-16H,1,7-11H2. The third-order valence-electron chi connectivity index (χ3n) is 4.00. The lowest BCUT2D eigenvalue weighted by Gasteiger charge is -2.19. The molecular formula is C16H20O2. The third kappa shape index (κ3) is 2.65. The maximum Gasteiger partial charge on any atom is 0.0845 e. The number of epoxide rings is 1. The molecule has 2 aliphatic rings. The molecule has 3 unspecified atom stereocenters. The molecule has 0 amide bonds. The summed E-state index contributed by atoms with van der Waals surface area (Å²) in [5.41, 5.74) is 2.40. The summed E-state index contributed by atoms with van der Waals surface area (Å²) in [5, 5.41) is 0. The van der Waals surface area contributed by atoms with Crippen LogP contribution in [0.5, 0.6) is 0 Å². The first-order chi connectivity index (χ1) is 8.86. The van der Waals surface area contributed by atoms with E-state index in [0.717, 1.165) is 6.61 Å². The van der Waals surface area contributed by atoms with E-state index < -0.39 is 0 Å². The summed E-state index contributed by atoms with van der Waals surface area (Å²) in [7, 11) is 0. The molecule has 1 heterocycles. The molecule has 0 radical (unpaired) electrons. The van der Waals surface area contributed by atoms with E-state index in [9.17, 15) is 0 Å². The van der Waals surface area contributed by atoms with E-state index in [4.69, 9.17) is 9.47 Å². The lowest BCUT2D eigenvalue weighted by Crippen LogP contribution is -2.18. The number of fused-ring (bicyclic) bond motifs is 1. The highest BCUT2D eigenvalue weighted by atomic mass is 16.6. The van der Waals surface area contributed by atoms with E-state index in [1.165, 1.54) is 30.4 Å². The van der Waals surface area contributed by atoms with Crippen LogP contribution in [0.2, 0.25) is 0 Å². The Morgan fingerprint density at radius 3 is 3.00 bits per heavy atom. The molecule has 0 spiro atoms. The predicted octanol–water partition coefficient (Wildman–Crippen LogP) is 3.41. The van der Waals surface area contributed by atoms with Gasteiger partial charge in [0, 0.05) is 6.61 Å². The molecule has 96 valence electrons. The molecule has 2 heteroatoms. The Bertz CT molecular complexity index is 427. The number of ether oxygens (including phenoxy) is 2. The van der Waals surface area contributed by atoms with Gasteiger partial charge in [-0.15, -0.1) is 0 Å². The lowest BCUT2D eigenvalue weighted by atomic mass is 9.90. The first-order valence-corrected chi connectivity index (χ1v) is 6.80. The van der Waals surface area contributed by atoms with Gasteiger partial charge in [0.15, 0.2) is 0 Å². The second-order valence-corrected chi connectivity index (χ2v) is 5.31. The normalized spacial score (nSPS) is 29.7. The molecule has 18 heavy (non-hydrogen) atoms. The van der Waals surface area contributed by atoms with Gasteiger partial charge in [0.25, 0.3) is 0 Å². The van der Waals surface area contributed by atoms with Crippen molar-refractivity contribution in [2.45, 2.75) is 38.1 Å². The molecule has 2 nitrogen and oxygen atoms in total. The quantitative estimate of drug-likeness (QED) is 0.740. The van der Waals surface area contributed by atoms with Gasteiger partial charge in [0.05, 0.1) is 18.8 Å². The number of rotatable bonds is 5. The van der Waals surface area contributed by atoms with Crippen molar-refractivity contribution in [3.8, 4) is 0 Å². The average molecular weight is 244 g/mol. The van der Waals surface area contributed by atoms with Crippen molar-refractivity contribution in [3.05, 3.63) is 42.0 Å². The summed E-state index contributed by atoms with van der Waals surface area (Å²) in [6.45, 7) is 5.38. The van der Waals surface area contributed by atoms with E-state index in [2.05, 4.69) is 24.8 Å². The molecule has 1 aromatic rings. The first-order valence-electron chi connectivity index (χ1n) is 6.80. The molecule has 1 aliphatic carbocycles. The molecule has 0 aromatic heterocycles. The van der Waals surface area contributed by atoms with Crippen LogP contribution < -0.4 is 0 Å². The Labute approximate surface area is 109 Å². The minimum atomic E-state index is 0.549. The Balaban J connectivity index is 1.47. The van der Waals surface area contributed by atoms with E-state index >= 15 is 0 Å². The highest BCUT2D eigenvalue weighted by Crippen LogP contribution is 2.39. The number of benzene rings is 1. The van der Waals surface area contributed by atoms with Crippen molar-refractivity contribution < 1.29 is 9.47 Å². The highest BCUT2D eigenvalue weighted by Gasteiger charge is 2.43. The molecule has 3 atom stereocenters. The zero-order valence-corrected chi connectivity index (χ0v) is 10.7. The van der Waals surface area contributed by atoms with Gasteiger partial charge in [-0.05, 0) is 36.3 Å². The Morgan fingerprint density at radius 2 is 2.17 bits per heavy atom. The maximum atomic E-state index is 5.87.